The van der Waals surface area contributed by atoms with E-state index in [9.17, 15) is 9.50 Å². The van der Waals surface area contributed by atoms with E-state index in [0.717, 1.165) is 24.9 Å². The molecule has 2 aromatic carbocycles. The Balaban J connectivity index is 1.88. The summed E-state index contributed by atoms with van der Waals surface area (Å²) in [6.07, 6.45) is 2.21. The van der Waals surface area contributed by atoms with Gasteiger partial charge in [0.15, 0.2) is 0 Å². The number of nitrogens with zero attached hydrogens (tertiary/aromatic N) is 1. The lowest BCUT2D eigenvalue weighted by atomic mass is 10.0. The summed E-state index contributed by atoms with van der Waals surface area (Å²) in [6, 6.07) is 12.6. The van der Waals surface area contributed by atoms with Crippen LogP contribution in [0.3, 0.4) is 0 Å². The average Bonchev–Trinajstić information content (AvgIpc) is 2.42. The Hall–Kier alpha value is -2.03. The standard InChI is InChI=1S/C16H16FNO/c17-14-8-7-13(16(19)10-14)11-18-9-3-5-12-4-1-2-6-15(12)18/h1-2,4,6-8,10,19H,3,5,9,11H2. The van der Waals surface area contributed by atoms with Crippen molar-refractivity contribution >= 4 is 5.69 Å². The summed E-state index contributed by atoms with van der Waals surface area (Å²) in [5.41, 5.74) is 3.32. The molecule has 2 nitrogen and oxygen atoms in total. The van der Waals surface area contributed by atoms with Crippen molar-refractivity contribution < 1.29 is 9.50 Å². The Morgan fingerprint density at radius 3 is 2.84 bits per heavy atom. The minimum absolute atomic E-state index is 0.0306. The molecule has 0 unspecified atom stereocenters. The number of phenolic OH excluding ortho intramolecular Hbond substituents is 1. The summed E-state index contributed by atoms with van der Waals surface area (Å²) in [5.74, 6) is -0.372. The molecule has 3 rings (SSSR count). The van der Waals surface area contributed by atoms with E-state index >= 15 is 0 Å². The number of hydrogen-bond acceptors (Lipinski definition) is 2. The van der Waals surface area contributed by atoms with Crippen LogP contribution in [0.25, 0.3) is 0 Å². The zero-order valence-corrected chi connectivity index (χ0v) is 10.6. The Kier molecular flexibility index (Phi) is 3.11. The fourth-order valence-corrected chi connectivity index (χ4v) is 2.65. The fourth-order valence-electron chi connectivity index (χ4n) is 2.65. The molecule has 2 aromatic rings. The second-order valence-electron chi connectivity index (χ2n) is 4.93. The van der Waals surface area contributed by atoms with Gasteiger partial charge in [-0.25, -0.2) is 4.39 Å². The topological polar surface area (TPSA) is 23.5 Å². The molecular formula is C16H16FNO. The first-order chi connectivity index (χ1) is 9.24. The Morgan fingerprint density at radius 1 is 1.16 bits per heavy atom. The van der Waals surface area contributed by atoms with Crippen LogP contribution in [0, 0.1) is 5.82 Å². The Bertz CT molecular complexity index is 597. The molecule has 0 radical (unpaired) electrons. The van der Waals surface area contributed by atoms with Gasteiger partial charge in [-0.3, -0.25) is 0 Å². The second-order valence-corrected chi connectivity index (χ2v) is 4.93. The SMILES string of the molecule is Oc1cc(F)ccc1CN1CCCc2ccccc21. The molecule has 19 heavy (non-hydrogen) atoms. The highest BCUT2D eigenvalue weighted by Gasteiger charge is 2.17. The molecular weight excluding hydrogens is 241 g/mol. The van der Waals surface area contributed by atoms with Crippen molar-refractivity contribution in [3.05, 3.63) is 59.4 Å². The summed E-state index contributed by atoms with van der Waals surface area (Å²) in [5, 5.41) is 9.80. The van der Waals surface area contributed by atoms with Gasteiger partial charge in [0.05, 0.1) is 0 Å². The molecule has 1 aliphatic rings. The smallest absolute Gasteiger partial charge is 0.126 e. The molecule has 1 N–H and O–H groups in total. The van der Waals surface area contributed by atoms with Crippen molar-refractivity contribution in [2.24, 2.45) is 0 Å². The maximum absolute atomic E-state index is 13.0. The summed E-state index contributed by atoms with van der Waals surface area (Å²) < 4.78 is 13.0. The first-order valence-corrected chi connectivity index (χ1v) is 6.54. The number of phenols is 1. The van der Waals surface area contributed by atoms with Crippen molar-refractivity contribution in [3.8, 4) is 5.75 Å². The molecule has 1 aliphatic heterocycles. The Morgan fingerprint density at radius 2 is 2.00 bits per heavy atom. The number of fused-ring (bicyclic) bond motifs is 1. The molecule has 0 bridgehead atoms. The number of para-hydroxylation sites is 1. The molecule has 0 aromatic heterocycles. The van der Waals surface area contributed by atoms with Gasteiger partial charge in [-0.15, -0.1) is 0 Å². The van der Waals surface area contributed by atoms with Gasteiger partial charge in [0.2, 0.25) is 0 Å². The molecule has 0 spiro atoms. The van der Waals surface area contributed by atoms with Gasteiger partial charge in [-0.05, 0) is 30.5 Å². The molecule has 0 fully saturated rings. The minimum Gasteiger partial charge on any atom is -0.507 e. The van der Waals surface area contributed by atoms with E-state index in [1.807, 2.05) is 6.07 Å². The normalized spacial score (nSPS) is 14.3. The summed E-state index contributed by atoms with van der Waals surface area (Å²) in [6.45, 7) is 1.58. The monoisotopic (exact) mass is 257 g/mol. The minimum atomic E-state index is -0.403. The van der Waals surface area contributed by atoms with Crippen molar-refractivity contribution in [1.82, 2.24) is 0 Å². The van der Waals surface area contributed by atoms with Crippen LogP contribution in [0.4, 0.5) is 10.1 Å². The predicted octanol–water partition coefficient (Wildman–Crippen LogP) is 3.48. The third kappa shape index (κ3) is 2.41. The highest BCUT2D eigenvalue weighted by molar-refractivity contribution is 5.56. The zero-order valence-electron chi connectivity index (χ0n) is 10.6. The largest absolute Gasteiger partial charge is 0.507 e. The number of anilines is 1. The molecule has 3 heteroatoms. The van der Waals surface area contributed by atoms with Gasteiger partial charge in [0.25, 0.3) is 0 Å². The first-order valence-electron chi connectivity index (χ1n) is 6.54. The van der Waals surface area contributed by atoms with Gasteiger partial charge >= 0.3 is 0 Å². The van der Waals surface area contributed by atoms with Crippen LogP contribution in [-0.4, -0.2) is 11.7 Å². The van der Waals surface area contributed by atoms with E-state index in [1.165, 1.54) is 23.4 Å². The summed E-state index contributed by atoms with van der Waals surface area (Å²) in [7, 11) is 0. The van der Waals surface area contributed by atoms with Crippen molar-refractivity contribution in [3.63, 3.8) is 0 Å². The van der Waals surface area contributed by atoms with Crippen LogP contribution in [-0.2, 0) is 13.0 Å². The molecule has 1 heterocycles. The van der Waals surface area contributed by atoms with Gasteiger partial charge in [0, 0.05) is 30.4 Å². The van der Waals surface area contributed by atoms with Gasteiger partial charge in [-0.2, -0.15) is 0 Å². The average molecular weight is 257 g/mol. The van der Waals surface area contributed by atoms with Crippen molar-refractivity contribution in [1.29, 1.82) is 0 Å². The van der Waals surface area contributed by atoms with Crippen LogP contribution in [0.1, 0.15) is 17.5 Å². The quantitative estimate of drug-likeness (QED) is 0.890. The van der Waals surface area contributed by atoms with E-state index in [-0.39, 0.29) is 5.75 Å². The van der Waals surface area contributed by atoms with Crippen molar-refractivity contribution in [2.45, 2.75) is 19.4 Å². The maximum atomic E-state index is 13.0. The van der Waals surface area contributed by atoms with E-state index in [4.69, 9.17) is 0 Å². The number of aryl methyl sites for hydroxylation is 1. The first kappa shape index (κ1) is 12.0. The lowest BCUT2D eigenvalue weighted by Gasteiger charge is -2.31. The van der Waals surface area contributed by atoms with E-state index in [2.05, 4.69) is 23.1 Å². The van der Waals surface area contributed by atoms with E-state index in [0.29, 0.717) is 6.54 Å². The van der Waals surface area contributed by atoms with Crippen LogP contribution in [0.5, 0.6) is 5.75 Å². The second kappa shape index (κ2) is 4.92. The van der Waals surface area contributed by atoms with Gasteiger partial charge in [-0.1, -0.05) is 24.3 Å². The van der Waals surface area contributed by atoms with Crippen molar-refractivity contribution in [2.75, 3.05) is 11.4 Å². The number of hydrogen-bond donors (Lipinski definition) is 1. The highest BCUT2D eigenvalue weighted by atomic mass is 19.1. The predicted molar refractivity (Wildman–Crippen MR) is 73.9 cm³/mol. The molecule has 98 valence electrons. The molecule has 0 saturated carbocycles. The number of halogens is 1. The fraction of sp³-hybridized carbons (Fsp3) is 0.250. The van der Waals surface area contributed by atoms with E-state index in [1.54, 1.807) is 6.07 Å². The van der Waals surface area contributed by atoms with E-state index < -0.39 is 5.82 Å². The Labute approximate surface area is 112 Å². The molecule has 0 aliphatic carbocycles. The lowest BCUT2D eigenvalue weighted by molar-refractivity contribution is 0.460. The molecule has 0 atom stereocenters. The third-order valence-corrected chi connectivity index (χ3v) is 3.61. The molecule has 0 saturated heterocycles. The van der Waals surface area contributed by atoms with Crippen LogP contribution < -0.4 is 4.90 Å². The highest BCUT2D eigenvalue weighted by Crippen LogP contribution is 2.29. The lowest BCUT2D eigenvalue weighted by Crippen LogP contribution is -2.28. The van der Waals surface area contributed by atoms with Gasteiger partial charge < -0.3 is 10.0 Å². The number of rotatable bonds is 2. The number of benzene rings is 2. The zero-order chi connectivity index (χ0) is 13.2. The van der Waals surface area contributed by atoms with Crippen LogP contribution in [0.15, 0.2) is 42.5 Å². The van der Waals surface area contributed by atoms with Crippen LogP contribution in [0.2, 0.25) is 0 Å². The summed E-state index contributed by atoms with van der Waals surface area (Å²) in [4.78, 5) is 2.24. The number of aromatic hydroxyl groups is 1. The third-order valence-electron chi connectivity index (χ3n) is 3.61. The maximum Gasteiger partial charge on any atom is 0.126 e. The molecule has 0 amide bonds. The van der Waals surface area contributed by atoms with Gasteiger partial charge in [0.1, 0.15) is 11.6 Å². The van der Waals surface area contributed by atoms with Crippen LogP contribution >= 0.6 is 0 Å². The summed E-state index contributed by atoms with van der Waals surface area (Å²) >= 11 is 0.